The van der Waals surface area contributed by atoms with Crippen LogP contribution in [0.1, 0.15) is 0 Å². The molecule has 3 atom stereocenters. The number of hydrogen-bond donors (Lipinski definition) is 0. The van der Waals surface area contributed by atoms with Gasteiger partial charge in [0.1, 0.15) is 32.8 Å². The predicted molar refractivity (Wildman–Crippen MR) is 156 cm³/mol. The van der Waals surface area contributed by atoms with Gasteiger partial charge >= 0.3 is 42.0 Å². The molecule has 63 heavy (non-hydrogen) atoms. The Morgan fingerprint density at radius 1 is 0.603 bits per heavy atom. The number of esters is 1. The van der Waals surface area contributed by atoms with Crippen LogP contribution in [-0.4, -0.2) is 100 Å². The average molecular weight is 974 g/mol. The Bertz CT molecular complexity index is 1730. The maximum absolute atomic E-state index is 15.6. The Labute approximate surface area is 335 Å². The summed E-state index contributed by atoms with van der Waals surface area (Å²) >= 11 is 0. The molecule has 0 saturated heterocycles. The van der Waals surface area contributed by atoms with Crippen LogP contribution in [0.4, 0.5) is 92.2 Å². The van der Waals surface area contributed by atoms with Crippen LogP contribution in [0.3, 0.4) is 0 Å². The van der Waals surface area contributed by atoms with Crippen molar-refractivity contribution in [3.8, 4) is 0 Å². The number of ether oxygens (including phenoxy) is 4. The second-order valence-electron chi connectivity index (χ2n) is 10.6. The molecule has 0 N–H and O–H groups in total. The summed E-state index contributed by atoms with van der Waals surface area (Å²) in [6.45, 7) is -7.56. The van der Waals surface area contributed by atoms with Crippen molar-refractivity contribution in [1.29, 1.82) is 0 Å². The number of allylic oxidation sites excluding steroid dienone is 7. The number of carbonyl (C=O) groups is 2. The highest BCUT2D eigenvalue weighted by molar-refractivity contribution is 5.81. The van der Waals surface area contributed by atoms with Crippen molar-refractivity contribution in [2.24, 2.45) is 0 Å². The maximum Gasteiger partial charge on any atom is 0.460 e. The summed E-state index contributed by atoms with van der Waals surface area (Å²) < 4.78 is 306. The van der Waals surface area contributed by atoms with Crippen molar-refractivity contribution in [2.75, 3.05) is 46.3 Å². The third-order valence-corrected chi connectivity index (χ3v) is 6.23. The number of halogens is 21. The van der Waals surface area contributed by atoms with Gasteiger partial charge in [-0.1, -0.05) is 13.2 Å². The molecule has 0 bridgehead atoms. The zero-order valence-corrected chi connectivity index (χ0v) is 30.1. The normalized spacial score (nSPS) is 17.0. The molecule has 0 saturated carbocycles. The molecule has 3 unspecified atom stereocenters. The van der Waals surface area contributed by atoms with Crippen LogP contribution in [0, 0.1) is 0 Å². The van der Waals surface area contributed by atoms with Crippen molar-refractivity contribution in [1.82, 2.24) is 0 Å². The first kappa shape index (κ1) is 58.0. The summed E-state index contributed by atoms with van der Waals surface area (Å²) in [6.07, 6.45) is -15.1. The Hall–Kier alpha value is -4.99. The van der Waals surface area contributed by atoms with Gasteiger partial charge in [0.2, 0.25) is 29.0 Å². The summed E-state index contributed by atoms with van der Waals surface area (Å²) in [5, 5.41) is 7.51. The maximum atomic E-state index is 15.6. The fraction of sp³-hybridized carbons (Fsp3) is 0.467. The van der Waals surface area contributed by atoms with E-state index in [1.54, 1.807) is 0 Å². The summed E-state index contributed by atoms with van der Waals surface area (Å²) in [5.74, 6) is -56.9. The van der Waals surface area contributed by atoms with E-state index in [4.69, 9.17) is 0 Å². The van der Waals surface area contributed by atoms with Crippen molar-refractivity contribution >= 4 is 11.9 Å². The van der Waals surface area contributed by atoms with Crippen LogP contribution in [0.25, 0.3) is 0 Å². The highest BCUT2D eigenvalue weighted by atomic mass is 19.4. The molecule has 0 radical (unpaired) electrons. The van der Waals surface area contributed by atoms with Crippen LogP contribution >= 0.6 is 0 Å². The van der Waals surface area contributed by atoms with Gasteiger partial charge in [0, 0.05) is 17.2 Å². The van der Waals surface area contributed by atoms with Gasteiger partial charge in [0.15, 0.2) is 35.7 Å². The van der Waals surface area contributed by atoms with Crippen LogP contribution in [0.5, 0.6) is 0 Å². The van der Waals surface area contributed by atoms with Gasteiger partial charge in [-0.2, -0.15) is 58.1 Å². The molecular weight excluding hydrogens is 951 g/mol. The third kappa shape index (κ3) is 15.9. The van der Waals surface area contributed by atoms with Gasteiger partial charge in [-0.3, -0.25) is 4.89 Å². The summed E-state index contributed by atoms with van der Waals surface area (Å²) in [4.78, 5) is 38.7. The minimum absolute atomic E-state index is 0.401. The minimum atomic E-state index is -7.92. The van der Waals surface area contributed by atoms with Crippen molar-refractivity contribution < 1.29 is 150 Å². The molecule has 0 aliphatic heterocycles. The van der Waals surface area contributed by atoms with E-state index in [-0.39, 0.29) is 0 Å². The lowest BCUT2D eigenvalue weighted by Crippen LogP contribution is -2.63. The van der Waals surface area contributed by atoms with Crippen LogP contribution < -0.4 is 0 Å². The molecule has 12 nitrogen and oxygen atoms in total. The molecule has 0 aliphatic carbocycles. The molecule has 0 heterocycles. The number of alkyl halides is 13. The van der Waals surface area contributed by atoms with E-state index in [2.05, 4.69) is 61.7 Å². The van der Waals surface area contributed by atoms with Gasteiger partial charge in [0.25, 0.3) is 0 Å². The van der Waals surface area contributed by atoms with Gasteiger partial charge in [-0.05, 0) is 5.04 Å². The largest absolute Gasteiger partial charge is 0.495 e. The summed E-state index contributed by atoms with van der Waals surface area (Å²) in [5.41, 5.74) is -6.13. The third-order valence-electron chi connectivity index (χ3n) is 6.23. The van der Waals surface area contributed by atoms with E-state index in [0.29, 0.717) is 18.6 Å². The smallest absolute Gasteiger partial charge is 0.460 e. The lowest BCUT2D eigenvalue weighted by Gasteiger charge is -2.38. The fourth-order valence-electron chi connectivity index (χ4n) is 3.12. The van der Waals surface area contributed by atoms with Gasteiger partial charge < -0.3 is 23.8 Å². The standard InChI is InChI=1S/C30H23F21O12/c1-3-16(52)56-6-8-59-58-7-5-54-10-14(60-62-63-61-17(53)4-2)11-55-12-25(40,27(42,43)29(46,47)48)13-57-26(41,28(44,45)30(49,50)51)24(39)23(38)22(37)21(36)20(35)19(34)18(33)15(32)9-31/h3-5,7,14H,1-2,6,8-13H2/b7-5-,18-15+,20-19+,22-21+,24-23+. The molecular formula is C30H23F21O12. The van der Waals surface area contributed by atoms with Crippen molar-refractivity contribution in [3.63, 3.8) is 0 Å². The predicted octanol–water partition coefficient (Wildman–Crippen LogP) is 9.42. The minimum Gasteiger partial charge on any atom is -0.495 e. The van der Waals surface area contributed by atoms with Crippen LogP contribution in [0.15, 0.2) is 84.4 Å². The molecule has 0 aromatic rings. The monoisotopic (exact) mass is 974 g/mol. The molecule has 0 aromatic heterocycles. The lowest BCUT2D eigenvalue weighted by atomic mass is 9.98. The Balaban J connectivity index is 6.90. The fourth-order valence-corrected chi connectivity index (χ4v) is 3.12. The highest BCUT2D eigenvalue weighted by Gasteiger charge is 2.78. The SMILES string of the molecule is C=CC(=O)OCCOO/C=C\OCC(COCC(F)(COC(F)(/C(F)=C(F)/C(F)=C(F)/C(F)=C(F)/C(F)=C(\F)CF)C(F)(F)C(F)(F)F)C(F)(F)C(F)(F)F)OOOOC(=O)C=C. The molecule has 0 rings (SSSR count). The molecule has 0 spiro atoms. The van der Waals surface area contributed by atoms with Gasteiger partial charge in [0.05, 0.1) is 19.8 Å². The number of carbonyl (C=O) groups excluding carboxylic acids is 2. The van der Waals surface area contributed by atoms with E-state index >= 15 is 8.78 Å². The van der Waals surface area contributed by atoms with Crippen LogP contribution in [-0.2, 0) is 58.2 Å². The van der Waals surface area contributed by atoms with E-state index < -0.39 is 147 Å². The highest BCUT2D eigenvalue weighted by Crippen LogP contribution is 2.53. The topological polar surface area (TPSA) is 126 Å². The van der Waals surface area contributed by atoms with Gasteiger partial charge in [-0.15, -0.1) is 0 Å². The first-order valence-corrected chi connectivity index (χ1v) is 15.3. The first-order chi connectivity index (χ1) is 28.8. The van der Waals surface area contributed by atoms with E-state index in [1.807, 2.05) is 0 Å². The van der Waals surface area contributed by atoms with Crippen molar-refractivity contribution in [2.45, 2.75) is 41.8 Å². The molecule has 0 aromatic carbocycles. The van der Waals surface area contributed by atoms with E-state index in [9.17, 15) is 93.0 Å². The van der Waals surface area contributed by atoms with Crippen molar-refractivity contribution in [3.05, 3.63) is 84.4 Å². The second kappa shape index (κ2) is 24.7. The molecule has 33 heteroatoms. The second-order valence-corrected chi connectivity index (χ2v) is 10.6. The zero-order valence-electron chi connectivity index (χ0n) is 30.1. The number of hydrogen-bond acceptors (Lipinski definition) is 12. The molecule has 0 fully saturated rings. The Morgan fingerprint density at radius 2 is 1.13 bits per heavy atom. The van der Waals surface area contributed by atoms with Crippen LogP contribution in [0.2, 0.25) is 0 Å². The first-order valence-electron chi connectivity index (χ1n) is 15.3. The van der Waals surface area contributed by atoms with E-state index in [1.165, 1.54) is 0 Å². The summed E-state index contributed by atoms with van der Waals surface area (Å²) in [6, 6.07) is 0. The summed E-state index contributed by atoms with van der Waals surface area (Å²) in [7, 11) is 0. The average Bonchev–Trinajstić information content (AvgIpc) is 3.22. The van der Waals surface area contributed by atoms with E-state index in [0.717, 1.165) is 6.08 Å². The number of rotatable bonds is 28. The Kier molecular flexibility index (Phi) is 22.8. The Morgan fingerprint density at radius 3 is 1.63 bits per heavy atom. The lowest BCUT2D eigenvalue weighted by molar-refractivity contribution is -0.626. The molecule has 362 valence electrons. The quantitative estimate of drug-likeness (QED) is 0.0108. The molecule has 0 amide bonds. The van der Waals surface area contributed by atoms with Gasteiger partial charge in [-0.25, -0.2) is 53.5 Å². The molecule has 0 aliphatic rings. The zero-order chi connectivity index (χ0) is 49.2.